The van der Waals surface area contributed by atoms with E-state index in [9.17, 15) is 0 Å². The Morgan fingerprint density at radius 2 is 2.36 bits per heavy atom. The normalized spacial score (nSPS) is 24.2. The van der Waals surface area contributed by atoms with Crippen LogP contribution in [0.3, 0.4) is 0 Å². The Morgan fingerprint density at radius 3 is 2.86 bits per heavy atom. The number of nitrogens with zero attached hydrogens (tertiary/aromatic N) is 5. The minimum Gasteiger partial charge on any atom is -0.339 e. The van der Waals surface area contributed by atoms with E-state index < -0.39 is 0 Å². The largest absolute Gasteiger partial charge is 0.339 e. The highest BCUT2D eigenvalue weighted by molar-refractivity contribution is 5.29. The average molecular weight is 196 g/mol. The van der Waals surface area contributed by atoms with Crippen molar-refractivity contribution in [2.45, 2.75) is 19.4 Å². The molecule has 2 unspecified atom stereocenters. The predicted molar refractivity (Wildman–Crippen MR) is 52.8 cm³/mol. The lowest BCUT2D eigenvalue weighted by Crippen LogP contribution is -2.30. The molecule has 0 aromatic carbocycles. The van der Waals surface area contributed by atoms with E-state index in [1.165, 1.54) is 0 Å². The number of nitrogens with two attached hydrogens (primary N) is 1. The maximum absolute atomic E-state index is 5.87. The summed E-state index contributed by atoms with van der Waals surface area (Å²) < 4.78 is 1.70. The third-order valence-corrected chi connectivity index (χ3v) is 2.85. The second-order valence-corrected chi connectivity index (χ2v) is 3.96. The second-order valence-electron chi connectivity index (χ2n) is 3.96. The number of anilines is 1. The lowest BCUT2D eigenvalue weighted by molar-refractivity contribution is 0.487. The van der Waals surface area contributed by atoms with Crippen molar-refractivity contribution in [2.75, 3.05) is 18.0 Å². The van der Waals surface area contributed by atoms with Crippen LogP contribution in [0.1, 0.15) is 13.3 Å². The van der Waals surface area contributed by atoms with E-state index >= 15 is 0 Å². The van der Waals surface area contributed by atoms with Gasteiger partial charge in [-0.1, -0.05) is 5.10 Å². The average Bonchev–Trinajstić information content (AvgIpc) is 2.71. The van der Waals surface area contributed by atoms with Crippen LogP contribution in [0.25, 0.3) is 0 Å². The summed E-state index contributed by atoms with van der Waals surface area (Å²) in [6.45, 7) is 4.02. The van der Waals surface area contributed by atoms with Gasteiger partial charge in [0.25, 0.3) is 0 Å². The quantitative estimate of drug-likeness (QED) is 0.682. The van der Waals surface area contributed by atoms with E-state index in [4.69, 9.17) is 5.73 Å². The molecule has 14 heavy (non-hydrogen) atoms. The van der Waals surface area contributed by atoms with Crippen LogP contribution in [0.15, 0.2) is 0 Å². The zero-order valence-electron chi connectivity index (χ0n) is 8.59. The molecule has 1 aliphatic heterocycles. The first-order valence-electron chi connectivity index (χ1n) is 4.91. The Kier molecular flexibility index (Phi) is 2.37. The van der Waals surface area contributed by atoms with Crippen LogP contribution in [0.5, 0.6) is 0 Å². The van der Waals surface area contributed by atoms with Crippen LogP contribution >= 0.6 is 0 Å². The fourth-order valence-corrected chi connectivity index (χ4v) is 1.89. The van der Waals surface area contributed by atoms with Gasteiger partial charge in [0.05, 0.1) is 0 Å². The monoisotopic (exact) mass is 196 g/mol. The minimum absolute atomic E-state index is 0.251. The highest BCUT2D eigenvalue weighted by Gasteiger charge is 2.27. The van der Waals surface area contributed by atoms with Gasteiger partial charge in [0, 0.05) is 26.2 Å². The Bertz CT molecular complexity index is 307. The van der Waals surface area contributed by atoms with E-state index in [1.807, 2.05) is 7.05 Å². The van der Waals surface area contributed by atoms with E-state index in [-0.39, 0.29) is 6.04 Å². The van der Waals surface area contributed by atoms with Crippen molar-refractivity contribution in [2.24, 2.45) is 18.7 Å². The van der Waals surface area contributed by atoms with Gasteiger partial charge in [0.2, 0.25) is 5.95 Å². The molecule has 6 heteroatoms. The molecule has 2 atom stereocenters. The maximum atomic E-state index is 5.87. The molecule has 0 aliphatic carbocycles. The summed E-state index contributed by atoms with van der Waals surface area (Å²) in [7, 11) is 1.86. The third kappa shape index (κ3) is 1.57. The zero-order valence-corrected chi connectivity index (χ0v) is 8.59. The molecule has 2 heterocycles. The van der Waals surface area contributed by atoms with Gasteiger partial charge in [-0.25, -0.2) is 4.68 Å². The van der Waals surface area contributed by atoms with Gasteiger partial charge in [0.1, 0.15) is 0 Å². The number of hydrogen-bond donors (Lipinski definition) is 1. The Morgan fingerprint density at radius 1 is 1.57 bits per heavy atom. The van der Waals surface area contributed by atoms with Gasteiger partial charge in [-0.15, -0.1) is 0 Å². The number of aromatic nitrogens is 4. The van der Waals surface area contributed by atoms with Crippen LogP contribution in [0.2, 0.25) is 0 Å². The lowest BCUT2D eigenvalue weighted by Gasteiger charge is -2.17. The van der Waals surface area contributed by atoms with Crippen molar-refractivity contribution >= 4 is 5.95 Å². The summed E-state index contributed by atoms with van der Waals surface area (Å²) in [5.74, 6) is 1.40. The SMILES string of the molecule is CC(N)C1CCN(c2nnnn2C)C1. The summed E-state index contributed by atoms with van der Waals surface area (Å²) in [6, 6.07) is 0.251. The van der Waals surface area contributed by atoms with Gasteiger partial charge < -0.3 is 10.6 Å². The van der Waals surface area contributed by atoms with Gasteiger partial charge >= 0.3 is 0 Å². The highest BCUT2D eigenvalue weighted by atomic mass is 15.6. The third-order valence-electron chi connectivity index (χ3n) is 2.85. The van der Waals surface area contributed by atoms with Crippen LogP contribution in [0.4, 0.5) is 5.95 Å². The summed E-state index contributed by atoms with van der Waals surface area (Å²) >= 11 is 0. The lowest BCUT2D eigenvalue weighted by atomic mass is 10.0. The second kappa shape index (κ2) is 3.53. The Hall–Kier alpha value is -1.17. The van der Waals surface area contributed by atoms with Gasteiger partial charge in [-0.2, -0.15) is 0 Å². The van der Waals surface area contributed by atoms with Gasteiger partial charge in [0.15, 0.2) is 0 Å². The molecular formula is C8H16N6. The van der Waals surface area contributed by atoms with Crippen LogP contribution in [-0.2, 0) is 7.05 Å². The molecule has 2 rings (SSSR count). The zero-order chi connectivity index (χ0) is 10.1. The molecule has 1 saturated heterocycles. The van der Waals surface area contributed by atoms with E-state index in [0.717, 1.165) is 25.5 Å². The van der Waals surface area contributed by atoms with Crippen LogP contribution < -0.4 is 10.6 Å². The van der Waals surface area contributed by atoms with Crippen molar-refractivity contribution in [3.63, 3.8) is 0 Å². The topological polar surface area (TPSA) is 72.9 Å². The predicted octanol–water partition coefficient (Wildman–Crippen LogP) is -0.616. The number of tetrazole rings is 1. The van der Waals surface area contributed by atoms with Gasteiger partial charge in [-0.3, -0.25) is 0 Å². The molecule has 1 aliphatic rings. The molecule has 78 valence electrons. The minimum atomic E-state index is 0.251. The summed E-state index contributed by atoms with van der Waals surface area (Å²) in [5.41, 5.74) is 5.87. The first-order chi connectivity index (χ1) is 6.68. The molecule has 1 aromatic rings. The van der Waals surface area contributed by atoms with Crippen molar-refractivity contribution in [1.29, 1.82) is 0 Å². The summed E-state index contributed by atoms with van der Waals surface area (Å²) in [6.07, 6.45) is 1.13. The molecule has 0 radical (unpaired) electrons. The number of rotatable bonds is 2. The number of hydrogen-bond acceptors (Lipinski definition) is 5. The molecule has 0 saturated carbocycles. The fraction of sp³-hybridized carbons (Fsp3) is 0.875. The van der Waals surface area contributed by atoms with Crippen LogP contribution in [-0.4, -0.2) is 39.3 Å². The molecule has 0 amide bonds. The van der Waals surface area contributed by atoms with Crippen LogP contribution in [0, 0.1) is 5.92 Å². The van der Waals surface area contributed by atoms with E-state index in [1.54, 1.807) is 4.68 Å². The van der Waals surface area contributed by atoms with Crippen molar-refractivity contribution < 1.29 is 0 Å². The first kappa shape index (κ1) is 9.39. The molecule has 0 bridgehead atoms. The summed E-state index contributed by atoms with van der Waals surface area (Å²) in [5, 5.41) is 11.4. The first-order valence-corrected chi connectivity index (χ1v) is 4.91. The standard InChI is InChI=1S/C8H16N6/c1-6(9)7-3-4-14(5-7)8-10-11-12-13(8)2/h6-7H,3-5,9H2,1-2H3. The highest BCUT2D eigenvalue weighted by Crippen LogP contribution is 2.22. The van der Waals surface area contributed by atoms with E-state index in [0.29, 0.717) is 5.92 Å². The van der Waals surface area contributed by atoms with Crippen molar-refractivity contribution in [3.05, 3.63) is 0 Å². The van der Waals surface area contributed by atoms with E-state index in [2.05, 4.69) is 27.3 Å². The smallest absolute Gasteiger partial charge is 0.245 e. The Balaban J connectivity index is 2.06. The van der Waals surface area contributed by atoms with Gasteiger partial charge in [-0.05, 0) is 29.7 Å². The molecule has 0 spiro atoms. The van der Waals surface area contributed by atoms with Crippen molar-refractivity contribution in [1.82, 2.24) is 20.2 Å². The fourth-order valence-electron chi connectivity index (χ4n) is 1.89. The molecule has 1 aromatic heterocycles. The van der Waals surface area contributed by atoms with Crippen molar-refractivity contribution in [3.8, 4) is 0 Å². The molecule has 2 N–H and O–H groups in total. The Labute approximate surface area is 83.1 Å². The summed E-state index contributed by atoms with van der Waals surface area (Å²) in [4.78, 5) is 2.19. The molecule has 1 fully saturated rings. The maximum Gasteiger partial charge on any atom is 0.245 e. The molecule has 6 nitrogen and oxygen atoms in total. The number of aryl methyl sites for hydroxylation is 1. The molecular weight excluding hydrogens is 180 g/mol.